The molecule has 0 fully saturated rings. The number of alkyl halides is 3. The number of carbonyl (C=O) groups is 1. The van der Waals surface area contributed by atoms with Gasteiger partial charge in [-0.05, 0) is 36.8 Å². The first-order chi connectivity index (χ1) is 12.6. The third kappa shape index (κ3) is 4.28. The normalized spacial score (nSPS) is 11.4. The van der Waals surface area contributed by atoms with Gasteiger partial charge in [-0.15, -0.1) is 13.2 Å². The number of halogens is 3. The fourth-order valence-corrected chi connectivity index (χ4v) is 2.57. The van der Waals surface area contributed by atoms with Crippen molar-refractivity contribution < 1.29 is 31.9 Å². The minimum Gasteiger partial charge on any atom is -0.427 e. The van der Waals surface area contributed by atoms with Gasteiger partial charge in [-0.1, -0.05) is 12.1 Å². The summed E-state index contributed by atoms with van der Waals surface area (Å²) in [4.78, 5) is 23.4. The molecule has 140 valence electrons. The van der Waals surface area contributed by atoms with Gasteiger partial charge in [0.2, 0.25) is 0 Å². The van der Waals surface area contributed by atoms with Crippen LogP contribution in [-0.4, -0.2) is 12.3 Å². The van der Waals surface area contributed by atoms with Crippen molar-refractivity contribution in [3.8, 4) is 22.6 Å². The van der Waals surface area contributed by atoms with Crippen molar-refractivity contribution in [2.45, 2.75) is 20.2 Å². The second-order valence-electron chi connectivity index (χ2n) is 5.79. The Labute approximate surface area is 150 Å². The monoisotopic (exact) mass is 378 g/mol. The summed E-state index contributed by atoms with van der Waals surface area (Å²) in [7, 11) is 0. The van der Waals surface area contributed by atoms with Crippen LogP contribution in [0.1, 0.15) is 12.5 Å². The molecule has 0 atom stereocenters. The van der Waals surface area contributed by atoms with Crippen molar-refractivity contribution in [2.75, 3.05) is 0 Å². The zero-order valence-electron chi connectivity index (χ0n) is 14.2. The molecule has 0 saturated heterocycles. The molecule has 0 unspecified atom stereocenters. The maximum Gasteiger partial charge on any atom is 0.573 e. The smallest absolute Gasteiger partial charge is 0.427 e. The Morgan fingerprint density at radius 3 is 2.44 bits per heavy atom. The van der Waals surface area contributed by atoms with Crippen LogP contribution in [0.2, 0.25) is 0 Å². The number of fused-ring (bicyclic) bond motifs is 1. The van der Waals surface area contributed by atoms with E-state index in [0.717, 1.165) is 0 Å². The van der Waals surface area contributed by atoms with Crippen LogP contribution < -0.4 is 15.1 Å². The molecule has 5 nitrogen and oxygen atoms in total. The van der Waals surface area contributed by atoms with E-state index in [1.807, 2.05) is 0 Å². The first-order valence-corrected chi connectivity index (χ1v) is 7.75. The average molecular weight is 378 g/mol. The molecule has 1 heterocycles. The Bertz CT molecular complexity index is 1080. The van der Waals surface area contributed by atoms with Crippen LogP contribution >= 0.6 is 0 Å². The van der Waals surface area contributed by atoms with Crippen LogP contribution in [0, 0.1) is 6.92 Å². The number of aryl methyl sites for hydroxylation is 1. The molecule has 0 aliphatic heterocycles. The topological polar surface area (TPSA) is 65.7 Å². The SMILES string of the molecule is CC(=O)Oc1ccc2cc(-c3ccc(C)cc3OC(F)(F)F)c(=O)oc2c1. The lowest BCUT2D eigenvalue weighted by Crippen LogP contribution is -2.18. The minimum atomic E-state index is -4.90. The maximum absolute atomic E-state index is 12.7. The molecule has 0 N–H and O–H groups in total. The van der Waals surface area contributed by atoms with Gasteiger partial charge in [-0.3, -0.25) is 4.79 Å². The largest absolute Gasteiger partial charge is 0.573 e. The summed E-state index contributed by atoms with van der Waals surface area (Å²) >= 11 is 0. The molecule has 0 amide bonds. The standard InChI is InChI=1S/C19H13F3O5/c1-10-3-6-14(17(7-10)27-19(20,21)22)15-8-12-4-5-13(25-11(2)23)9-16(12)26-18(15)24/h3-9H,1-2H3. The Morgan fingerprint density at radius 2 is 1.78 bits per heavy atom. The Kier molecular flexibility index (Phi) is 4.65. The Balaban J connectivity index is 2.14. The van der Waals surface area contributed by atoms with E-state index in [4.69, 9.17) is 9.15 Å². The molecule has 0 radical (unpaired) electrons. The molecular formula is C19H13F3O5. The van der Waals surface area contributed by atoms with Gasteiger partial charge < -0.3 is 13.9 Å². The number of hydrogen-bond acceptors (Lipinski definition) is 5. The number of carbonyl (C=O) groups excluding carboxylic acids is 1. The van der Waals surface area contributed by atoms with E-state index in [-0.39, 0.29) is 22.5 Å². The number of esters is 1. The van der Waals surface area contributed by atoms with Crippen LogP contribution in [0.15, 0.2) is 51.7 Å². The van der Waals surface area contributed by atoms with E-state index in [1.165, 1.54) is 43.3 Å². The molecule has 3 aromatic rings. The first-order valence-electron chi connectivity index (χ1n) is 7.75. The van der Waals surface area contributed by atoms with Crippen LogP contribution in [0.5, 0.6) is 11.5 Å². The molecule has 27 heavy (non-hydrogen) atoms. The zero-order chi connectivity index (χ0) is 19.8. The summed E-state index contributed by atoms with van der Waals surface area (Å²) < 4.78 is 52.3. The van der Waals surface area contributed by atoms with Gasteiger partial charge in [0.1, 0.15) is 17.1 Å². The summed E-state index contributed by atoms with van der Waals surface area (Å²) in [6, 6.07) is 9.87. The van der Waals surface area contributed by atoms with E-state index in [9.17, 15) is 22.8 Å². The predicted octanol–water partition coefficient (Wildman–Crippen LogP) is 4.59. The average Bonchev–Trinajstić information content (AvgIpc) is 2.52. The van der Waals surface area contributed by atoms with Gasteiger partial charge in [0.05, 0.1) is 5.56 Å². The third-order valence-electron chi connectivity index (χ3n) is 3.62. The summed E-state index contributed by atoms with van der Waals surface area (Å²) in [6.45, 7) is 2.83. The Morgan fingerprint density at radius 1 is 1.04 bits per heavy atom. The molecule has 0 saturated carbocycles. The van der Waals surface area contributed by atoms with E-state index >= 15 is 0 Å². The highest BCUT2D eigenvalue weighted by Crippen LogP contribution is 2.34. The van der Waals surface area contributed by atoms with Crippen molar-refractivity contribution in [2.24, 2.45) is 0 Å². The molecule has 0 aliphatic rings. The highest BCUT2D eigenvalue weighted by molar-refractivity contribution is 5.84. The van der Waals surface area contributed by atoms with Gasteiger partial charge >= 0.3 is 18.0 Å². The quantitative estimate of drug-likeness (QED) is 0.379. The van der Waals surface area contributed by atoms with E-state index in [0.29, 0.717) is 10.9 Å². The van der Waals surface area contributed by atoms with Crippen molar-refractivity contribution in [1.82, 2.24) is 0 Å². The highest BCUT2D eigenvalue weighted by atomic mass is 19.4. The predicted molar refractivity (Wildman–Crippen MR) is 90.6 cm³/mol. The maximum atomic E-state index is 12.7. The highest BCUT2D eigenvalue weighted by Gasteiger charge is 2.32. The van der Waals surface area contributed by atoms with Crippen molar-refractivity contribution in [3.05, 3.63) is 58.4 Å². The number of rotatable bonds is 3. The van der Waals surface area contributed by atoms with Gasteiger partial charge in [0.15, 0.2) is 0 Å². The lowest BCUT2D eigenvalue weighted by Gasteiger charge is -2.14. The first kappa shape index (κ1) is 18.5. The lowest BCUT2D eigenvalue weighted by atomic mass is 10.0. The van der Waals surface area contributed by atoms with Crippen LogP contribution in [-0.2, 0) is 4.79 Å². The molecule has 3 rings (SSSR count). The van der Waals surface area contributed by atoms with Gasteiger partial charge in [-0.2, -0.15) is 0 Å². The summed E-state index contributed by atoms with van der Waals surface area (Å²) in [5, 5.41) is 0.444. The fourth-order valence-electron chi connectivity index (χ4n) is 2.57. The third-order valence-corrected chi connectivity index (χ3v) is 3.62. The van der Waals surface area contributed by atoms with Gasteiger partial charge in [-0.25, -0.2) is 4.79 Å². The van der Waals surface area contributed by atoms with Crippen molar-refractivity contribution in [1.29, 1.82) is 0 Å². The van der Waals surface area contributed by atoms with Crippen molar-refractivity contribution >= 4 is 16.9 Å². The molecule has 2 aromatic carbocycles. The van der Waals surface area contributed by atoms with Crippen LogP contribution in [0.4, 0.5) is 13.2 Å². The summed E-state index contributed by atoms with van der Waals surface area (Å²) in [5.41, 5.74) is -0.305. The van der Waals surface area contributed by atoms with Crippen LogP contribution in [0.3, 0.4) is 0 Å². The number of ether oxygens (including phenoxy) is 2. The van der Waals surface area contributed by atoms with E-state index < -0.39 is 23.7 Å². The fraction of sp³-hybridized carbons (Fsp3) is 0.158. The molecule has 0 aliphatic carbocycles. The molecule has 0 spiro atoms. The summed E-state index contributed by atoms with van der Waals surface area (Å²) in [5.74, 6) is -0.852. The zero-order valence-corrected chi connectivity index (χ0v) is 14.2. The minimum absolute atomic E-state index is 0.0439. The number of benzene rings is 2. The number of hydrogen-bond donors (Lipinski definition) is 0. The van der Waals surface area contributed by atoms with Crippen molar-refractivity contribution in [3.63, 3.8) is 0 Å². The van der Waals surface area contributed by atoms with Gasteiger partial charge in [0, 0.05) is 23.9 Å². The van der Waals surface area contributed by atoms with E-state index in [2.05, 4.69) is 4.74 Å². The second-order valence-corrected chi connectivity index (χ2v) is 5.79. The molecule has 1 aromatic heterocycles. The molecule has 0 bridgehead atoms. The second kappa shape index (κ2) is 6.79. The van der Waals surface area contributed by atoms with Gasteiger partial charge in [0.25, 0.3) is 0 Å². The Hall–Kier alpha value is -3.29. The molecular weight excluding hydrogens is 365 g/mol. The van der Waals surface area contributed by atoms with E-state index in [1.54, 1.807) is 13.0 Å². The molecule has 8 heteroatoms. The lowest BCUT2D eigenvalue weighted by molar-refractivity contribution is -0.274. The van der Waals surface area contributed by atoms with Crippen LogP contribution in [0.25, 0.3) is 22.1 Å². The summed E-state index contributed by atoms with van der Waals surface area (Å²) in [6.07, 6.45) is -4.90.